The van der Waals surface area contributed by atoms with Crippen molar-refractivity contribution in [3.63, 3.8) is 0 Å². The molecule has 74 valence electrons. The van der Waals surface area contributed by atoms with Gasteiger partial charge in [0, 0.05) is 9.23 Å². The molecule has 2 aromatic rings. The molecule has 0 bridgehead atoms. The number of fused-ring (bicyclic) bond motifs is 4. The molecule has 1 heteroatoms. The van der Waals surface area contributed by atoms with Crippen LogP contribution in [0.1, 0.15) is 12.8 Å². The Kier molecular flexibility index (Phi) is 1.48. The minimum Gasteiger partial charge on any atom is -0.136 e. The first-order valence-electron chi connectivity index (χ1n) is 5.63. The van der Waals surface area contributed by atoms with E-state index in [1.54, 1.807) is 0 Å². The molecule has 2 aliphatic rings. The smallest absolute Gasteiger partial charge is 0.0355 e. The Labute approximate surface area is 92.6 Å². The van der Waals surface area contributed by atoms with Crippen molar-refractivity contribution in [2.45, 2.75) is 12.8 Å². The Morgan fingerprint density at radius 2 is 1.80 bits per heavy atom. The lowest BCUT2D eigenvalue weighted by Crippen LogP contribution is -2.34. The zero-order valence-corrected chi connectivity index (χ0v) is 9.26. The van der Waals surface area contributed by atoms with E-state index in [2.05, 4.69) is 36.4 Å². The van der Waals surface area contributed by atoms with Crippen molar-refractivity contribution in [2.75, 3.05) is 0 Å². The summed E-state index contributed by atoms with van der Waals surface area (Å²) in [6.07, 6.45) is 7.82. The van der Waals surface area contributed by atoms with E-state index < -0.39 is 0 Å². The van der Waals surface area contributed by atoms with Gasteiger partial charge in [0.05, 0.1) is 0 Å². The first-order chi connectivity index (χ1) is 7.42. The number of benzene rings is 1. The Morgan fingerprint density at radius 1 is 1.00 bits per heavy atom. The molecule has 0 amide bonds. The molecule has 1 saturated carbocycles. The summed E-state index contributed by atoms with van der Waals surface area (Å²) in [5, 5.41) is 2.97. The maximum Gasteiger partial charge on any atom is 0.0355 e. The van der Waals surface area contributed by atoms with Gasteiger partial charge in [-0.1, -0.05) is 30.4 Å². The van der Waals surface area contributed by atoms with E-state index in [0.717, 1.165) is 11.8 Å². The van der Waals surface area contributed by atoms with Crippen LogP contribution < -0.4 is 9.75 Å². The zero-order valence-electron chi connectivity index (χ0n) is 8.44. The molecular weight excluding hydrogens is 200 g/mol. The van der Waals surface area contributed by atoms with E-state index >= 15 is 0 Å². The van der Waals surface area contributed by atoms with E-state index in [1.807, 2.05) is 11.3 Å². The highest BCUT2D eigenvalue weighted by Crippen LogP contribution is 2.38. The second-order valence-electron chi connectivity index (χ2n) is 4.61. The van der Waals surface area contributed by atoms with Gasteiger partial charge < -0.3 is 0 Å². The molecule has 4 rings (SSSR count). The Morgan fingerprint density at radius 3 is 2.67 bits per heavy atom. The van der Waals surface area contributed by atoms with Crippen molar-refractivity contribution < 1.29 is 0 Å². The Hall–Kier alpha value is -1.08. The van der Waals surface area contributed by atoms with Crippen LogP contribution in [0, 0.1) is 11.8 Å². The molecule has 1 fully saturated rings. The molecule has 0 saturated heterocycles. The highest BCUT2D eigenvalue weighted by Gasteiger charge is 2.29. The van der Waals surface area contributed by atoms with Crippen LogP contribution in [0.5, 0.6) is 0 Å². The van der Waals surface area contributed by atoms with Crippen molar-refractivity contribution in [3.05, 3.63) is 34.0 Å². The molecule has 1 unspecified atom stereocenters. The monoisotopic (exact) mass is 212 g/mol. The summed E-state index contributed by atoms with van der Waals surface area (Å²) in [5.41, 5.74) is 0. The van der Waals surface area contributed by atoms with Gasteiger partial charge in [0.1, 0.15) is 0 Å². The SMILES string of the molecule is C1=c2sc3ccccc3c2=CC2CC[C@@H]12. The Bertz CT molecular complexity index is 648. The molecule has 0 N–H and O–H groups in total. The van der Waals surface area contributed by atoms with Crippen LogP contribution >= 0.6 is 11.3 Å². The summed E-state index contributed by atoms with van der Waals surface area (Å²) in [4.78, 5) is 0. The van der Waals surface area contributed by atoms with Crippen LogP contribution in [0.2, 0.25) is 0 Å². The van der Waals surface area contributed by atoms with Gasteiger partial charge >= 0.3 is 0 Å². The first kappa shape index (κ1) is 8.12. The Balaban J connectivity index is 2.19. The van der Waals surface area contributed by atoms with Crippen molar-refractivity contribution >= 4 is 33.6 Å². The lowest BCUT2D eigenvalue weighted by atomic mass is 9.71. The summed E-state index contributed by atoms with van der Waals surface area (Å²) < 4.78 is 2.95. The van der Waals surface area contributed by atoms with E-state index in [4.69, 9.17) is 0 Å². The number of hydrogen-bond acceptors (Lipinski definition) is 1. The van der Waals surface area contributed by atoms with Gasteiger partial charge in [-0.3, -0.25) is 0 Å². The van der Waals surface area contributed by atoms with E-state index in [-0.39, 0.29) is 0 Å². The zero-order chi connectivity index (χ0) is 9.83. The lowest BCUT2D eigenvalue weighted by molar-refractivity contribution is 0.320. The molecule has 0 nitrogen and oxygen atoms in total. The van der Waals surface area contributed by atoms with Gasteiger partial charge in [-0.05, 0) is 41.3 Å². The fourth-order valence-electron chi connectivity index (χ4n) is 2.75. The van der Waals surface area contributed by atoms with Crippen LogP contribution in [-0.4, -0.2) is 0 Å². The minimum absolute atomic E-state index is 0.843. The molecule has 15 heavy (non-hydrogen) atoms. The fraction of sp³-hybridized carbons (Fsp3) is 0.286. The summed E-state index contributed by atoms with van der Waals surface area (Å²) in [6, 6.07) is 8.78. The molecule has 2 atom stereocenters. The standard InChI is InChI=1S/C14H12S/c1-2-4-13-11(3-1)12-7-9-5-6-10(9)8-14(12)15-13/h1-4,7-10H,5-6H2/t9?,10-/m0/s1. The minimum atomic E-state index is 0.843. The van der Waals surface area contributed by atoms with Crippen molar-refractivity contribution in [2.24, 2.45) is 11.8 Å². The molecule has 0 aliphatic heterocycles. The predicted octanol–water partition coefficient (Wildman–Crippen LogP) is 2.50. The quantitative estimate of drug-likeness (QED) is 0.629. The highest BCUT2D eigenvalue weighted by atomic mass is 32.1. The van der Waals surface area contributed by atoms with Crippen molar-refractivity contribution in [1.29, 1.82) is 0 Å². The third-order valence-corrected chi connectivity index (χ3v) is 4.94. The number of rotatable bonds is 0. The van der Waals surface area contributed by atoms with E-state index in [0.29, 0.717) is 0 Å². The van der Waals surface area contributed by atoms with Crippen LogP contribution in [0.4, 0.5) is 0 Å². The summed E-state index contributed by atoms with van der Waals surface area (Å²) >= 11 is 1.95. The molecule has 1 heterocycles. The summed E-state index contributed by atoms with van der Waals surface area (Å²) in [7, 11) is 0. The number of hydrogen-bond donors (Lipinski definition) is 0. The summed E-state index contributed by atoms with van der Waals surface area (Å²) in [5.74, 6) is 1.70. The predicted molar refractivity (Wildman–Crippen MR) is 66.2 cm³/mol. The normalized spacial score (nSPS) is 27.2. The molecule has 0 radical (unpaired) electrons. The maximum absolute atomic E-state index is 2.52. The van der Waals surface area contributed by atoms with Crippen molar-refractivity contribution in [3.8, 4) is 0 Å². The van der Waals surface area contributed by atoms with Crippen LogP contribution in [-0.2, 0) is 0 Å². The van der Waals surface area contributed by atoms with Gasteiger partial charge in [0.2, 0.25) is 0 Å². The lowest BCUT2D eigenvalue weighted by Gasteiger charge is -2.33. The van der Waals surface area contributed by atoms with E-state index in [9.17, 15) is 0 Å². The molecule has 2 aliphatic carbocycles. The molecule has 1 aromatic carbocycles. The first-order valence-corrected chi connectivity index (χ1v) is 6.45. The second-order valence-corrected chi connectivity index (χ2v) is 5.70. The average molecular weight is 212 g/mol. The highest BCUT2D eigenvalue weighted by molar-refractivity contribution is 7.17. The van der Waals surface area contributed by atoms with Crippen LogP contribution in [0.3, 0.4) is 0 Å². The number of thiophene rings is 1. The van der Waals surface area contributed by atoms with Gasteiger partial charge in [-0.15, -0.1) is 11.3 Å². The van der Waals surface area contributed by atoms with Gasteiger partial charge in [0.25, 0.3) is 0 Å². The van der Waals surface area contributed by atoms with Gasteiger partial charge in [-0.2, -0.15) is 0 Å². The molecular formula is C14H12S. The second kappa shape index (κ2) is 2.73. The third-order valence-electron chi connectivity index (χ3n) is 3.79. The molecule has 1 aromatic heterocycles. The van der Waals surface area contributed by atoms with Gasteiger partial charge in [-0.25, -0.2) is 0 Å². The maximum atomic E-state index is 2.52. The van der Waals surface area contributed by atoms with Gasteiger partial charge in [0.15, 0.2) is 0 Å². The average Bonchev–Trinajstić information content (AvgIpc) is 2.59. The van der Waals surface area contributed by atoms with E-state index in [1.165, 1.54) is 32.7 Å². The summed E-state index contributed by atoms with van der Waals surface area (Å²) in [6.45, 7) is 0. The van der Waals surface area contributed by atoms with Crippen molar-refractivity contribution in [1.82, 2.24) is 0 Å². The fourth-order valence-corrected chi connectivity index (χ4v) is 3.96. The van der Waals surface area contributed by atoms with Crippen LogP contribution in [0.25, 0.3) is 22.2 Å². The third kappa shape index (κ3) is 1.02. The topological polar surface area (TPSA) is 0 Å². The largest absolute Gasteiger partial charge is 0.136 e. The molecule has 0 spiro atoms. The van der Waals surface area contributed by atoms with Crippen LogP contribution in [0.15, 0.2) is 24.3 Å².